The van der Waals surface area contributed by atoms with Crippen molar-refractivity contribution in [3.8, 4) is 0 Å². The molecule has 0 saturated heterocycles. The Morgan fingerprint density at radius 1 is 1.17 bits per heavy atom. The van der Waals surface area contributed by atoms with Crippen molar-refractivity contribution in [2.45, 2.75) is 18.9 Å². The minimum Gasteiger partial charge on any atom is -0.361 e. The molecule has 4 rings (SSSR count). The maximum absolute atomic E-state index is 12.8. The van der Waals surface area contributed by atoms with Gasteiger partial charge in [-0.1, -0.05) is 36.4 Å². The number of nitrogens with one attached hydrogen (secondary N) is 1. The Kier molecular flexibility index (Phi) is 4.60. The van der Waals surface area contributed by atoms with Crippen molar-refractivity contribution < 1.29 is 4.79 Å². The number of carbonyl (C=O) groups is 1. The standard InChI is InChI=1S/C19H19N3O.ClH/c20-16(11-14-12-21-17-7-3-2-6-15(14)17)19(23)22-10-9-13-5-1-4-8-18(13)22;/h1-8,12,16,21H,9-11,20H2;1H/t16-;/m0./s1. The molecule has 0 saturated carbocycles. The molecule has 0 unspecified atom stereocenters. The quantitative estimate of drug-likeness (QED) is 0.769. The summed E-state index contributed by atoms with van der Waals surface area (Å²) in [5.74, 6) is 0.000214. The number of amides is 1. The molecule has 4 nitrogen and oxygen atoms in total. The number of carbonyl (C=O) groups excluding carboxylic acids is 1. The molecule has 0 radical (unpaired) electrons. The highest BCUT2D eigenvalue weighted by molar-refractivity contribution is 5.99. The first kappa shape index (κ1) is 16.6. The summed E-state index contributed by atoms with van der Waals surface area (Å²) in [5, 5.41) is 1.14. The highest BCUT2D eigenvalue weighted by atomic mass is 35.5. The highest BCUT2D eigenvalue weighted by Gasteiger charge is 2.28. The molecule has 0 bridgehead atoms. The lowest BCUT2D eigenvalue weighted by Crippen LogP contribution is -2.44. The fraction of sp³-hybridized carbons (Fsp3) is 0.211. The van der Waals surface area contributed by atoms with Gasteiger partial charge in [-0.15, -0.1) is 12.4 Å². The Morgan fingerprint density at radius 2 is 1.92 bits per heavy atom. The molecule has 0 fully saturated rings. The van der Waals surface area contributed by atoms with E-state index in [9.17, 15) is 4.79 Å². The van der Waals surface area contributed by atoms with Gasteiger partial charge in [0.1, 0.15) is 0 Å². The van der Waals surface area contributed by atoms with Crippen LogP contribution in [0.2, 0.25) is 0 Å². The summed E-state index contributed by atoms with van der Waals surface area (Å²) in [6, 6.07) is 15.6. The Morgan fingerprint density at radius 3 is 2.79 bits per heavy atom. The number of halogens is 1. The molecule has 1 aliphatic rings. The summed E-state index contributed by atoms with van der Waals surface area (Å²) in [4.78, 5) is 17.8. The van der Waals surface area contributed by atoms with Crippen molar-refractivity contribution in [1.29, 1.82) is 0 Å². The van der Waals surface area contributed by atoms with Gasteiger partial charge in [0.2, 0.25) is 5.91 Å². The van der Waals surface area contributed by atoms with E-state index in [1.807, 2.05) is 47.5 Å². The van der Waals surface area contributed by atoms with Crippen LogP contribution in [0, 0.1) is 0 Å². The summed E-state index contributed by atoms with van der Waals surface area (Å²) in [7, 11) is 0. The van der Waals surface area contributed by atoms with Crippen molar-refractivity contribution in [1.82, 2.24) is 4.98 Å². The first-order valence-electron chi connectivity index (χ1n) is 7.94. The molecule has 124 valence electrons. The van der Waals surface area contributed by atoms with Crippen LogP contribution >= 0.6 is 12.4 Å². The number of anilines is 1. The molecule has 1 amide bonds. The van der Waals surface area contributed by atoms with E-state index in [2.05, 4.69) is 17.1 Å². The maximum Gasteiger partial charge on any atom is 0.244 e. The molecule has 24 heavy (non-hydrogen) atoms. The van der Waals surface area contributed by atoms with E-state index >= 15 is 0 Å². The first-order valence-corrected chi connectivity index (χ1v) is 7.94. The van der Waals surface area contributed by atoms with Gasteiger partial charge in [0, 0.05) is 29.3 Å². The topological polar surface area (TPSA) is 62.1 Å². The number of aromatic nitrogens is 1. The minimum atomic E-state index is -0.527. The summed E-state index contributed by atoms with van der Waals surface area (Å²) < 4.78 is 0. The van der Waals surface area contributed by atoms with Crippen LogP contribution < -0.4 is 10.6 Å². The predicted octanol–water partition coefficient (Wildman–Crippen LogP) is 3.05. The Hall–Kier alpha value is -2.30. The molecule has 3 aromatic rings. The zero-order valence-electron chi connectivity index (χ0n) is 13.2. The molecule has 2 heterocycles. The second-order valence-corrected chi connectivity index (χ2v) is 6.04. The SMILES string of the molecule is Cl.N[C@@H](Cc1c[nH]c2ccccc12)C(=O)N1CCc2ccccc21. The van der Waals surface area contributed by atoms with Crippen LogP contribution in [0.3, 0.4) is 0 Å². The van der Waals surface area contributed by atoms with Crippen LogP contribution in [-0.4, -0.2) is 23.5 Å². The van der Waals surface area contributed by atoms with Crippen molar-refractivity contribution in [2.24, 2.45) is 5.73 Å². The first-order chi connectivity index (χ1) is 11.2. The number of hydrogen-bond donors (Lipinski definition) is 2. The molecule has 1 aromatic heterocycles. The number of nitrogens with zero attached hydrogens (tertiary/aromatic N) is 1. The smallest absolute Gasteiger partial charge is 0.244 e. The van der Waals surface area contributed by atoms with Crippen molar-refractivity contribution in [2.75, 3.05) is 11.4 Å². The van der Waals surface area contributed by atoms with Gasteiger partial charge in [0.15, 0.2) is 0 Å². The molecule has 1 atom stereocenters. The molecule has 5 heteroatoms. The van der Waals surface area contributed by atoms with Gasteiger partial charge in [-0.2, -0.15) is 0 Å². The number of fused-ring (bicyclic) bond motifs is 2. The third kappa shape index (κ3) is 2.79. The van der Waals surface area contributed by atoms with Crippen LogP contribution in [0.4, 0.5) is 5.69 Å². The maximum atomic E-state index is 12.8. The van der Waals surface area contributed by atoms with Gasteiger partial charge < -0.3 is 15.6 Å². The van der Waals surface area contributed by atoms with Crippen LogP contribution in [0.5, 0.6) is 0 Å². The number of H-pyrrole nitrogens is 1. The van der Waals surface area contributed by atoms with E-state index in [0.29, 0.717) is 6.42 Å². The second kappa shape index (κ2) is 6.67. The zero-order chi connectivity index (χ0) is 15.8. The van der Waals surface area contributed by atoms with E-state index < -0.39 is 6.04 Å². The predicted molar refractivity (Wildman–Crippen MR) is 99.7 cm³/mol. The molecular weight excluding hydrogens is 322 g/mol. The second-order valence-electron chi connectivity index (χ2n) is 6.04. The summed E-state index contributed by atoms with van der Waals surface area (Å²) in [6.45, 7) is 0.722. The lowest BCUT2D eigenvalue weighted by Gasteiger charge is -2.21. The number of hydrogen-bond acceptors (Lipinski definition) is 2. The van der Waals surface area contributed by atoms with Crippen molar-refractivity contribution in [3.05, 3.63) is 65.9 Å². The number of benzene rings is 2. The van der Waals surface area contributed by atoms with Crippen LogP contribution in [0.25, 0.3) is 10.9 Å². The zero-order valence-corrected chi connectivity index (χ0v) is 14.1. The molecule has 3 N–H and O–H groups in total. The van der Waals surface area contributed by atoms with Crippen molar-refractivity contribution in [3.63, 3.8) is 0 Å². The Balaban J connectivity index is 0.00000169. The normalized spacial score (nSPS) is 14.3. The number of nitrogens with two attached hydrogens (primary N) is 1. The van der Waals surface area contributed by atoms with Gasteiger partial charge in [0.25, 0.3) is 0 Å². The summed E-state index contributed by atoms with van der Waals surface area (Å²) in [6.07, 6.45) is 3.40. The van der Waals surface area contributed by atoms with Crippen LogP contribution in [-0.2, 0) is 17.6 Å². The van der Waals surface area contributed by atoms with Crippen LogP contribution in [0.1, 0.15) is 11.1 Å². The third-order valence-electron chi connectivity index (χ3n) is 4.59. The monoisotopic (exact) mass is 341 g/mol. The number of para-hydroxylation sites is 2. The van der Waals surface area contributed by atoms with Gasteiger partial charge >= 0.3 is 0 Å². The Labute approximate surface area is 147 Å². The van der Waals surface area contributed by atoms with Gasteiger partial charge in [-0.05, 0) is 36.1 Å². The number of rotatable bonds is 3. The van der Waals surface area contributed by atoms with Crippen LogP contribution in [0.15, 0.2) is 54.7 Å². The lowest BCUT2D eigenvalue weighted by atomic mass is 10.0. The van der Waals surface area contributed by atoms with E-state index in [1.54, 1.807) is 0 Å². The fourth-order valence-electron chi connectivity index (χ4n) is 3.39. The highest BCUT2D eigenvalue weighted by Crippen LogP contribution is 2.28. The average molecular weight is 342 g/mol. The average Bonchev–Trinajstić information content (AvgIpc) is 3.19. The van der Waals surface area contributed by atoms with Gasteiger partial charge in [-0.3, -0.25) is 4.79 Å². The van der Waals surface area contributed by atoms with E-state index in [1.165, 1.54) is 5.56 Å². The van der Waals surface area contributed by atoms with Crippen molar-refractivity contribution >= 4 is 34.9 Å². The molecule has 1 aliphatic heterocycles. The number of aromatic amines is 1. The minimum absolute atomic E-state index is 0. The lowest BCUT2D eigenvalue weighted by molar-refractivity contribution is -0.119. The molecule has 2 aromatic carbocycles. The Bertz CT molecular complexity index is 874. The largest absolute Gasteiger partial charge is 0.361 e. The molecule has 0 aliphatic carbocycles. The summed E-state index contributed by atoms with van der Waals surface area (Å²) >= 11 is 0. The fourth-order valence-corrected chi connectivity index (χ4v) is 3.39. The van der Waals surface area contributed by atoms with E-state index in [0.717, 1.165) is 35.1 Å². The summed E-state index contributed by atoms with van der Waals surface area (Å²) in [5.41, 5.74) is 10.6. The van der Waals surface area contributed by atoms with E-state index in [4.69, 9.17) is 5.73 Å². The molecular formula is C19H20ClN3O. The molecule has 0 spiro atoms. The van der Waals surface area contributed by atoms with E-state index in [-0.39, 0.29) is 18.3 Å². The van der Waals surface area contributed by atoms with Gasteiger partial charge in [0.05, 0.1) is 6.04 Å². The third-order valence-corrected chi connectivity index (χ3v) is 4.59. The van der Waals surface area contributed by atoms with Gasteiger partial charge in [-0.25, -0.2) is 0 Å².